The van der Waals surface area contributed by atoms with Crippen molar-refractivity contribution >= 4 is 6.08 Å². The summed E-state index contributed by atoms with van der Waals surface area (Å²) in [6.07, 6.45) is 9.32. The van der Waals surface area contributed by atoms with Crippen LogP contribution in [0.5, 0.6) is 5.75 Å². The first-order valence-electron chi connectivity index (χ1n) is 6.69. The van der Waals surface area contributed by atoms with E-state index in [2.05, 4.69) is 31.7 Å². The Balaban J connectivity index is 2.14. The molecule has 1 saturated carbocycles. The fraction of sp³-hybridized carbons (Fsp3) is 0.500. The van der Waals surface area contributed by atoms with Crippen LogP contribution in [-0.4, -0.2) is 5.60 Å². The van der Waals surface area contributed by atoms with Gasteiger partial charge in [0, 0.05) is 0 Å². The van der Waals surface area contributed by atoms with E-state index in [4.69, 9.17) is 4.74 Å². The summed E-state index contributed by atoms with van der Waals surface area (Å²) in [7, 11) is 0. The Morgan fingerprint density at radius 1 is 1.29 bits per heavy atom. The van der Waals surface area contributed by atoms with Crippen LogP contribution in [0.4, 0.5) is 0 Å². The molecular weight excluding hydrogens is 208 g/mol. The third-order valence-corrected chi connectivity index (χ3v) is 3.84. The van der Waals surface area contributed by atoms with E-state index in [1.807, 2.05) is 12.1 Å². The first-order valence-corrected chi connectivity index (χ1v) is 6.69. The Kier molecular flexibility index (Phi) is 3.88. The third-order valence-electron chi connectivity index (χ3n) is 3.84. The minimum Gasteiger partial charge on any atom is -0.487 e. The van der Waals surface area contributed by atoms with Crippen LogP contribution in [0, 0.1) is 0 Å². The van der Waals surface area contributed by atoms with Crippen molar-refractivity contribution in [3.8, 4) is 5.75 Å². The van der Waals surface area contributed by atoms with Crippen LogP contribution in [-0.2, 0) is 0 Å². The molecule has 0 unspecified atom stereocenters. The number of hydrogen-bond donors (Lipinski definition) is 0. The molecule has 1 heteroatoms. The average molecular weight is 230 g/mol. The summed E-state index contributed by atoms with van der Waals surface area (Å²) in [6.45, 7) is 6.04. The van der Waals surface area contributed by atoms with E-state index >= 15 is 0 Å². The largest absolute Gasteiger partial charge is 0.487 e. The molecule has 17 heavy (non-hydrogen) atoms. The molecule has 0 aliphatic heterocycles. The average Bonchev–Trinajstić information content (AvgIpc) is 2.40. The monoisotopic (exact) mass is 230 g/mol. The molecule has 1 nitrogen and oxygen atoms in total. The van der Waals surface area contributed by atoms with Crippen molar-refractivity contribution in [2.45, 2.75) is 51.0 Å². The van der Waals surface area contributed by atoms with Crippen LogP contribution >= 0.6 is 0 Å². The molecule has 1 fully saturated rings. The van der Waals surface area contributed by atoms with E-state index in [9.17, 15) is 0 Å². The molecule has 0 spiro atoms. The maximum Gasteiger partial charge on any atom is 0.120 e. The summed E-state index contributed by atoms with van der Waals surface area (Å²) < 4.78 is 6.29. The van der Waals surface area contributed by atoms with Gasteiger partial charge in [0.05, 0.1) is 0 Å². The van der Waals surface area contributed by atoms with Crippen LogP contribution < -0.4 is 4.74 Å². The van der Waals surface area contributed by atoms with Crippen LogP contribution in [0.1, 0.15) is 51.0 Å². The lowest BCUT2D eigenvalue weighted by atomic mass is 9.82. The summed E-state index contributed by atoms with van der Waals surface area (Å²) in [5.41, 5.74) is 1.21. The minimum atomic E-state index is 0.0814. The molecule has 1 aliphatic carbocycles. The molecule has 92 valence electrons. The Hall–Kier alpha value is -1.24. The summed E-state index contributed by atoms with van der Waals surface area (Å²) in [5, 5.41) is 0. The van der Waals surface area contributed by atoms with Crippen molar-refractivity contribution in [3.05, 3.63) is 36.4 Å². The van der Waals surface area contributed by atoms with Crippen LogP contribution in [0.3, 0.4) is 0 Å². The van der Waals surface area contributed by atoms with Crippen molar-refractivity contribution in [2.24, 2.45) is 0 Å². The lowest BCUT2D eigenvalue weighted by Crippen LogP contribution is -2.37. The lowest BCUT2D eigenvalue weighted by Gasteiger charge is -2.37. The smallest absolute Gasteiger partial charge is 0.120 e. The Labute approximate surface area is 104 Å². The zero-order valence-electron chi connectivity index (χ0n) is 10.7. The zero-order chi connectivity index (χ0) is 12.1. The second kappa shape index (κ2) is 5.39. The molecule has 0 heterocycles. The second-order valence-corrected chi connectivity index (χ2v) is 4.98. The van der Waals surface area contributed by atoms with Gasteiger partial charge < -0.3 is 4.74 Å². The first-order chi connectivity index (χ1) is 8.28. The Morgan fingerprint density at radius 3 is 2.71 bits per heavy atom. The number of hydrogen-bond acceptors (Lipinski definition) is 1. The van der Waals surface area contributed by atoms with E-state index in [1.54, 1.807) is 0 Å². The Morgan fingerprint density at radius 2 is 2.06 bits per heavy atom. The van der Waals surface area contributed by atoms with Gasteiger partial charge in [0.25, 0.3) is 0 Å². The van der Waals surface area contributed by atoms with Gasteiger partial charge in [-0.05, 0) is 49.8 Å². The van der Waals surface area contributed by atoms with Crippen molar-refractivity contribution < 1.29 is 4.74 Å². The predicted octanol–water partition coefficient (Wildman–Crippen LogP) is 4.82. The van der Waals surface area contributed by atoms with Gasteiger partial charge in [0.1, 0.15) is 11.4 Å². The third kappa shape index (κ3) is 2.91. The topological polar surface area (TPSA) is 9.23 Å². The molecule has 0 N–H and O–H groups in total. The quantitative estimate of drug-likeness (QED) is 0.720. The lowest BCUT2D eigenvalue weighted by molar-refractivity contribution is 0.0265. The van der Waals surface area contributed by atoms with Gasteiger partial charge in [-0.2, -0.15) is 0 Å². The van der Waals surface area contributed by atoms with Crippen molar-refractivity contribution in [1.29, 1.82) is 0 Å². The van der Waals surface area contributed by atoms with Gasteiger partial charge in [-0.3, -0.25) is 0 Å². The standard InChI is InChI=1S/C16H22O/c1-3-14-9-8-10-15(13-14)17-16(4-2)11-6-5-7-12-16/h3,8-10,13H,1,4-7,11-12H2,2H3. The summed E-state index contributed by atoms with van der Waals surface area (Å²) in [5.74, 6) is 0.992. The highest BCUT2D eigenvalue weighted by Crippen LogP contribution is 2.35. The highest BCUT2D eigenvalue weighted by atomic mass is 16.5. The molecule has 2 rings (SSSR count). The predicted molar refractivity (Wildman–Crippen MR) is 73.3 cm³/mol. The fourth-order valence-corrected chi connectivity index (χ4v) is 2.68. The van der Waals surface area contributed by atoms with Crippen molar-refractivity contribution in [3.63, 3.8) is 0 Å². The molecule has 0 radical (unpaired) electrons. The summed E-state index contributed by atoms with van der Waals surface area (Å²) in [6, 6.07) is 8.23. The van der Waals surface area contributed by atoms with E-state index in [0.29, 0.717) is 0 Å². The van der Waals surface area contributed by atoms with Crippen LogP contribution in [0.15, 0.2) is 30.8 Å². The Bertz CT molecular complexity index is 375. The van der Waals surface area contributed by atoms with E-state index in [-0.39, 0.29) is 5.60 Å². The van der Waals surface area contributed by atoms with Gasteiger partial charge >= 0.3 is 0 Å². The van der Waals surface area contributed by atoms with E-state index in [0.717, 1.165) is 17.7 Å². The highest BCUT2D eigenvalue weighted by molar-refractivity contribution is 5.49. The minimum absolute atomic E-state index is 0.0814. The number of rotatable bonds is 4. The molecule has 1 aliphatic rings. The maximum absolute atomic E-state index is 6.29. The molecular formula is C16H22O. The van der Waals surface area contributed by atoms with E-state index < -0.39 is 0 Å². The molecule has 0 saturated heterocycles. The van der Waals surface area contributed by atoms with Gasteiger partial charge in [-0.15, -0.1) is 0 Å². The van der Waals surface area contributed by atoms with Gasteiger partial charge in [0.15, 0.2) is 0 Å². The second-order valence-electron chi connectivity index (χ2n) is 4.98. The van der Waals surface area contributed by atoms with E-state index in [1.165, 1.54) is 32.1 Å². The van der Waals surface area contributed by atoms with Crippen molar-refractivity contribution in [2.75, 3.05) is 0 Å². The molecule has 1 aromatic rings. The molecule has 0 aromatic heterocycles. The molecule has 0 bridgehead atoms. The fourth-order valence-electron chi connectivity index (χ4n) is 2.68. The van der Waals surface area contributed by atoms with Crippen LogP contribution in [0.2, 0.25) is 0 Å². The zero-order valence-corrected chi connectivity index (χ0v) is 10.7. The molecule has 1 aromatic carbocycles. The SMILES string of the molecule is C=Cc1cccc(OC2(CC)CCCCC2)c1. The first kappa shape index (κ1) is 12.2. The number of benzene rings is 1. The summed E-state index contributed by atoms with van der Waals surface area (Å²) >= 11 is 0. The van der Waals surface area contributed by atoms with Crippen LogP contribution in [0.25, 0.3) is 6.08 Å². The van der Waals surface area contributed by atoms with Gasteiger partial charge in [0.2, 0.25) is 0 Å². The molecule has 0 amide bonds. The highest BCUT2D eigenvalue weighted by Gasteiger charge is 2.32. The molecule has 0 atom stereocenters. The maximum atomic E-state index is 6.29. The number of ether oxygens (including phenoxy) is 1. The summed E-state index contributed by atoms with van der Waals surface area (Å²) in [4.78, 5) is 0. The van der Waals surface area contributed by atoms with Gasteiger partial charge in [-0.1, -0.05) is 38.1 Å². The van der Waals surface area contributed by atoms with Crippen molar-refractivity contribution in [1.82, 2.24) is 0 Å². The van der Waals surface area contributed by atoms with Gasteiger partial charge in [-0.25, -0.2) is 0 Å². The normalized spacial score (nSPS) is 18.6.